The first-order chi connectivity index (χ1) is 13.7. The second-order valence-corrected chi connectivity index (χ2v) is 10.2. The van der Waals surface area contributed by atoms with Gasteiger partial charge in [-0.05, 0) is 32.0 Å². The van der Waals surface area contributed by atoms with E-state index >= 15 is 0 Å². The number of amides is 1. The van der Waals surface area contributed by atoms with E-state index in [-0.39, 0.29) is 21.4 Å². The minimum atomic E-state index is -3.49. The van der Waals surface area contributed by atoms with Crippen molar-refractivity contribution in [2.24, 2.45) is 0 Å². The number of aromatic nitrogens is 1. The number of Topliss-reactive ketones (excluding diaryl/α,β-unsaturated/α-hetero) is 1. The molecule has 6 nitrogen and oxygen atoms in total. The predicted molar refractivity (Wildman–Crippen MR) is 114 cm³/mol. The largest absolute Gasteiger partial charge is 0.298 e. The van der Waals surface area contributed by atoms with Crippen LogP contribution < -0.4 is 5.32 Å². The van der Waals surface area contributed by atoms with Crippen molar-refractivity contribution in [1.29, 1.82) is 0 Å². The Labute approximate surface area is 173 Å². The van der Waals surface area contributed by atoms with Gasteiger partial charge in [-0.1, -0.05) is 47.7 Å². The zero-order chi connectivity index (χ0) is 21.2. The molecule has 1 amide bonds. The summed E-state index contributed by atoms with van der Waals surface area (Å²) in [5.74, 6) is -0.638. The summed E-state index contributed by atoms with van der Waals surface area (Å²) in [5, 5.41) is 2.36. The van der Waals surface area contributed by atoms with E-state index in [9.17, 15) is 18.0 Å². The standard InChI is InChI=1S/C21H20N2O4S2/c1-13(2)29(26,27)17-11-7-10-16(12-17)20(25)23-21-22-18(19(28-21)14(3)24)15-8-5-4-6-9-15/h4-13H,1-3H3,(H,22,23,25). The molecular formula is C21H20N2O4S2. The molecule has 0 aliphatic rings. The molecule has 8 heteroatoms. The number of nitrogens with one attached hydrogen (secondary N) is 1. The van der Waals surface area contributed by atoms with Crippen molar-refractivity contribution in [3.05, 3.63) is 65.0 Å². The highest BCUT2D eigenvalue weighted by atomic mass is 32.2. The molecule has 0 saturated heterocycles. The first kappa shape index (κ1) is 20.9. The van der Waals surface area contributed by atoms with Gasteiger partial charge in [-0.2, -0.15) is 0 Å². The molecule has 1 heterocycles. The highest BCUT2D eigenvalue weighted by Crippen LogP contribution is 2.31. The van der Waals surface area contributed by atoms with E-state index in [4.69, 9.17) is 0 Å². The SMILES string of the molecule is CC(=O)c1sc(NC(=O)c2cccc(S(=O)(=O)C(C)C)c2)nc1-c1ccccc1. The van der Waals surface area contributed by atoms with Crippen LogP contribution in [0, 0.1) is 0 Å². The van der Waals surface area contributed by atoms with Gasteiger partial charge in [0.2, 0.25) is 0 Å². The van der Waals surface area contributed by atoms with Gasteiger partial charge >= 0.3 is 0 Å². The van der Waals surface area contributed by atoms with Gasteiger partial charge in [0.05, 0.1) is 20.7 Å². The maximum absolute atomic E-state index is 12.7. The number of hydrogen-bond acceptors (Lipinski definition) is 6. The Bertz CT molecular complexity index is 1170. The zero-order valence-corrected chi connectivity index (χ0v) is 17.8. The van der Waals surface area contributed by atoms with E-state index in [0.29, 0.717) is 10.6 Å². The topological polar surface area (TPSA) is 93.2 Å². The number of benzene rings is 2. The Kier molecular flexibility index (Phi) is 5.95. The van der Waals surface area contributed by atoms with E-state index in [1.54, 1.807) is 13.8 Å². The van der Waals surface area contributed by atoms with Gasteiger partial charge in [-0.25, -0.2) is 13.4 Å². The molecular weight excluding hydrogens is 408 g/mol. The number of hydrogen-bond donors (Lipinski definition) is 1. The smallest absolute Gasteiger partial charge is 0.257 e. The highest BCUT2D eigenvalue weighted by Gasteiger charge is 2.22. The molecule has 1 N–H and O–H groups in total. The van der Waals surface area contributed by atoms with Crippen LogP contribution >= 0.6 is 11.3 Å². The number of sulfone groups is 1. The second kappa shape index (κ2) is 8.26. The van der Waals surface area contributed by atoms with E-state index in [1.165, 1.54) is 31.2 Å². The van der Waals surface area contributed by atoms with Crippen LogP contribution in [0.1, 0.15) is 40.8 Å². The lowest BCUT2D eigenvalue weighted by molar-refractivity contribution is 0.101. The Balaban J connectivity index is 1.92. The van der Waals surface area contributed by atoms with Crippen LogP contribution in [0.3, 0.4) is 0 Å². The molecule has 0 saturated carbocycles. The quantitative estimate of drug-likeness (QED) is 0.586. The first-order valence-corrected chi connectivity index (χ1v) is 11.3. The molecule has 150 valence electrons. The van der Waals surface area contributed by atoms with Crippen LogP contribution in [-0.2, 0) is 9.84 Å². The summed E-state index contributed by atoms with van der Waals surface area (Å²) in [6, 6.07) is 15.1. The van der Waals surface area contributed by atoms with Crippen LogP contribution in [0.2, 0.25) is 0 Å². The Morgan fingerprint density at radius 1 is 1.03 bits per heavy atom. The van der Waals surface area contributed by atoms with Gasteiger partial charge in [0.15, 0.2) is 20.8 Å². The Morgan fingerprint density at radius 3 is 2.34 bits per heavy atom. The molecule has 0 aliphatic heterocycles. The van der Waals surface area contributed by atoms with Crippen molar-refractivity contribution in [1.82, 2.24) is 4.98 Å². The third kappa shape index (κ3) is 4.44. The summed E-state index contributed by atoms with van der Waals surface area (Å²) in [4.78, 5) is 29.6. The highest BCUT2D eigenvalue weighted by molar-refractivity contribution is 7.92. The summed E-state index contributed by atoms with van der Waals surface area (Å²) in [5.41, 5.74) is 1.49. The second-order valence-electron chi connectivity index (χ2n) is 6.69. The van der Waals surface area contributed by atoms with Gasteiger partial charge in [0, 0.05) is 18.1 Å². The van der Waals surface area contributed by atoms with Crippen LogP contribution in [0.15, 0.2) is 59.5 Å². The summed E-state index contributed by atoms with van der Waals surface area (Å²) in [7, 11) is -3.49. The van der Waals surface area contributed by atoms with E-state index in [1.807, 2.05) is 30.3 Å². The average Bonchev–Trinajstić information content (AvgIpc) is 3.13. The lowest BCUT2D eigenvalue weighted by Gasteiger charge is -2.09. The lowest BCUT2D eigenvalue weighted by atomic mass is 10.1. The number of anilines is 1. The molecule has 29 heavy (non-hydrogen) atoms. The molecule has 0 bridgehead atoms. The van der Waals surface area contributed by atoms with Gasteiger partial charge in [-0.15, -0.1) is 0 Å². The normalized spacial score (nSPS) is 11.4. The number of carbonyl (C=O) groups is 2. The monoisotopic (exact) mass is 428 g/mol. The van der Waals surface area contributed by atoms with Gasteiger partial charge < -0.3 is 0 Å². The van der Waals surface area contributed by atoms with Crippen LogP contribution in [0.5, 0.6) is 0 Å². The Morgan fingerprint density at radius 2 is 1.72 bits per heavy atom. The number of carbonyl (C=O) groups excluding carboxylic acids is 2. The molecule has 0 aliphatic carbocycles. The van der Waals surface area contributed by atoms with E-state index < -0.39 is 21.0 Å². The molecule has 0 unspecified atom stereocenters. The van der Waals surface area contributed by atoms with E-state index in [0.717, 1.165) is 16.9 Å². The fourth-order valence-electron chi connectivity index (χ4n) is 2.66. The molecule has 0 fully saturated rings. The first-order valence-electron chi connectivity index (χ1n) is 8.92. The van der Waals surface area contributed by atoms with Crippen molar-refractivity contribution in [3.63, 3.8) is 0 Å². The summed E-state index contributed by atoms with van der Waals surface area (Å²) < 4.78 is 24.7. The van der Waals surface area contributed by atoms with Crippen molar-refractivity contribution in [2.45, 2.75) is 30.9 Å². The van der Waals surface area contributed by atoms with E-state index in [2.05, 4.69) is 10.3 Å². The average molecular weight is 429 g/mol. The van der Waals surface area contributed by atoms with Gasteiger partial charge in [-0.3, -0.25) is 14.9 Å². The number of ketones is 1. The predicted octanol–water partition coefficient (Wildman–Crippen LogP) is 4.45. The van der Waals surface area contributed by atoms with Gasteiger partial charge in [0.1, 0.15) is 0 Å². The maximum Gasteiger partial charge on any atom is 0.257 e. The fraction of sp³-hybridized carbons (Fsp3) is 0.190. The van der Waals surface area contributed by atoms with Crippen molar-refractivity contribution < 1.29 is 18.0 Å². The number of rotatable bonds is 6. The molecule has 0 radical (unpaired) electrons. The molecule has 0 spiro atoms. The number of nitrogens with zero attached hydrogens (tertiary/aromatic N) is 1. The number of thiazole rings is 1. The van der Waals surface area contributed by atoms with Crippen molar-refractivity contribution in [3.8, 4) is 11.3 Å². The molecule has 1 aromatic heterocycles. The maximum atomic E-state index is 12.7. The molecule has 3 rings (SSSR count). The Hall–Kier alpha value is -2.84. The third-order valence-corrected chi connectivity index (χ3v) is 7.48. The third-order valence-electron chi connectivity index (χ3n) is 4.26. The van der Waals surface area contributed by atoms with Gasteiger partial charge in [0.25, 0.3) is 5.91 Å². The van der Waals surface area contributed by atoms with Crippen LogP contribution in [0.25, 0.3) is 11.3 Å². The molecule has 0 atom stereocenters. The summed E-state index contributed by atoms with van der Waals surface area (Å²) in [6.45, 7) is 4.63. The zero-order valence-electron chi connectivity index (χ0n) is 16.2. The van der Waals surface area contributed by atoms with Crippen molar-refractivity contribution >= 4 is 38.0 Å². The summed E-state index contributed by atoms with van der Waals surface area (Å²) >= 11 is 1.09. The summed E-state index contributed by atoms with van der Waals surface area (Å²) in [6.07, 6.45) is 0. The fourth-order valence-corrected chi connectivity index (χ4v) is 4.64. The molecule has 3 aromatic rings. The minimum Gasteiger partial charge on any atom is -0.298 e. The molecule has 2 aromatic carbocycles. The van der Waals surface area contributed by atoms with Crippen LogP contribution in [-0.4, -0.2) is 30.3 Å². The minimum absolute atomic E-state index is 0.0914. The lowest BCUT2D eigenvalue weighted by Crippen LogP contribution is -2.16. The van der Waals surface area contributed by atoms with Crippen molar-refractivity contribution in [2.75, 3.05) is 5.32 Å². The van der Waals surface area contributed by atoms with Crippen LogP contribution in [0.4, 0.5) is 5.13 Å².